The lowest BCUT2D eigenvalue weighted by atomic mass is 10.1. The first-order valence-electron chi connectivity index (χ1n) is 5.86. The second-order valence-electron chi connectivity index (χ2n) is 4.45. The minimum absolute atomic E-state index is 0.104. The Bertz CT molecular complexity index is 556. The third-order valence-corrected chi connectivity index (χ3v) is 4.79. The van der Waals surface area contributed by atoms with Gasteiger partial charge in [-0.25, -0.2) is 13.2 Å². The highest BCUT2D eigenvalue weighted by atomic mass is 32.2. The van der Waals surface area contributed by atoms with Crippen LogP contribution in [0, 0.1) is 5.92 Å². The summed E-state index contributed by atoms with van der Waals surface area (Å²) in [5.74, 6) is 0.546. The van der Waals surface area contributed by atoms with E-state index in [-0.39, 0.29) is 23.1 Å². The summed E-state index contributed by atoms with van der Waals surface area (Å²) in [6, 6.07) is 3.12. The van der Waals surface area contributed by atoms with E-state index in [2.05, 4.69) is 20.3 Å². The second-order valence-corrected chi connectivity index (χ2v) is 6.67. The Morgan fingerprint density at radius 1 is 1.47 bits per heavy atom. The SMILES string of the molecule is COC(=O)c1ccc(NCC2CCS(=O)(=O)C2)nn1. The van der Waals surface area contributed by atoms with Crippen LogP contribution >= 0.6 is 0 Å². The molecular formula is C11H15N3O4S. The van der Waals surface area contributed by atoms with Gasteiger partial charge in [-0.2, -0.15) is 0 Å². The molecule has 1 aliphatic rings. The van der Waals surface area contributed by atoms with E-state index in [9.17, 15) is 13.2 Å². The van der Waals surface area contributed by atoms with Crippen LogP contribution in [0.25, 0.3) is 0 Å². The maximum Gasteiger partial charge on any atom is 0.358 e. The standard InChI is InChI=1S/C11H15N3O4S/c1-18-11(15)9-2-3-10(14-13-9)12-6-8-4-5-19(16,17)7-8/h2-3,8H,4-7H2,1H3,(H,12,14). The molecule has 1 saturated heterocycles. The number of aromatic nitrogens is 2. The van der Waals surface area contributed by atoms with Crippen LogP contribution in [0.2, 0.25) is 0 Å². The van der Waals surface area contributed by atoms with Gasteiger partial charge in [0.25, 0.3) is 0 Å². The Morgan fingerprint density at radius 3 is 2.79 bits per heavy atom. The van der Waals surface area contributed by atoms with Gasteiger partial charge in [0, 0.05) is 6.54 Å². The van der Waals surface area contributed by atoms with Crippen molar-refractivity contribution in [1.29, 1.82) is 0 Å². The number of nitrogens with one attached hydrogen (secondary N) is 1. The van der Waals surface area contributed by atoms with Gasteiger partial charge in [-0.3, -0.25) is 0 Å². The van der Waals surface area contributed by atoms with Gasteiger partial charge in [-0.15, -0.1) is 10.2 Å². The zero-order chi connectivity index (χ0) is 13.9. The first kappa shape index (κ1) is 13.7. The molecule has 0 saturated carbocycles. The predicted octanol–water partition coefficient (Wildman–Crippen LogP) is 0.110. The third kappa shape index (κ3) is 3.63. The summed E-state index contributed by atoms with van der Waals surface area (Å²) in [5.41, 5.74) is 0.136. The minimum Gasteiger partial charge on any atom is -0.464 e. The molecule has 0 aromatic carbocycles. The van der Waals surface area contributed by atoms with E-state index in [1.807, 2.05) is 0 Å². The van der Waals surface area contributed by atoms with Crippen molar-refractivity contribution in [3.05, 3.63) is 17.8 Å². The highest BCUT2D eigenvalue weighted by molar-refractivity contribution is 7.91. The van der Waals surface area contributed by atoms with Gasteiger partial charge in [0.2, 0.25) is 0 Å². The monoisotopic (exact) mass is 285 g/mol. The average Bonchev–Trinajstić information content (AvgIpc) is 2.76. The predicted molar refractivity (Wildman–Crippen MR) is 68.6 cm³/mol. The lowest BCUT2D eigenvalue weighted by molar-refractivity contribution is 0.0592. The van der Waals surface area contributed by atoms with Crippen LogP contribution in [0.4, 0.5) is 5.82 Å². The summed E-state index contributed by atoms with van der Waals surface area (Å²) in [4.78, 5) is 11.2. The molecule has 1 aromatic heterocycles. The molecule has 19 heavy (non-hydrogen) atoms. The number of esters is 1. The normalized spacial score (nSPS) is 21.0. The highest BCUT2D eigenvalue weighted by Crippen LogP contribution is 2.18. The molecule has 0 bridgehead atoms. The zero-order valence-electron chi connectivity index (χ0n) is 10.5. The van der Waals surface area contributed by atoms with Gasteiger partial charge in [-0.1, -0.05) is 0 Å². The number of ether oxygens (including phenoxy) is 1. The van der Waals surface area contributed by atoms with Crippen molar-refractivity contribution in [2.45, 2.75) is 6.42 Å². The molecule has 0 spiro atoms. The van der Waals surface area contributed by atoms with Crippen LogP contribution in [-0.4, -0.2) is 49.7 Å². The van der Waals surface area contributed by atoms with E-state index >= 15 is 0 Å². The van der Waals surface area contributed by atoms with Crippen molar-refractivity contribution < 1.29 is 17.9 Å². The molecule has 1 atom stereocenters. The fourth-order valence-corrected chi connectivity index (χ4v) is 3.78. The van der Waals surface area contributed by atoms with Gasteiger partial charge >= 0.3 is 5.97 Å². The Balaban J connectivity index is 1.89. The van der Waals surface area contributed by atoms with Crippen LogP contribution < -0.4 is 5.32 Å². The first-order valence-corrected chi connectivity index (χ1v) is 7.68. The lowest BCUT2D eigenvalue weighted by Gasteiger charge is -2.09. The van der Waals surface area contributed by atoms with Crippen LogP contribution in [0.3, 0.4) is 0 Å². The van der Waals surface area contributed by atoms with Gasteiger partial charge in [0.1, 0.15) is 5.82 Å². The lowest BCUT2D eigenvalue weighted by Crippen LogP contribution is -2.17. The van der Waals surface area contributed by atoms with Crippen LogP contribution in [0.5, 0.6) is 0 Å². The number of hydrogen-bond donors (Lipinski definition) is 1. The molecule has 2 heterocycles. The van der Waals surface area contributed by atoms with Crippen LogP contribution in [-0.2, 0) is 14.6 Å². The van der Waals surface area contributed by atoms with E-state index in [0.29, 0.717) is 18.8 Å². The molecule has 8 heteroatoms. The van der Waals surface area contributed by atoms with Gasteiger partial charge < -0.3 is 10.1 Å². The molecule has 7 nitrogen and oxygen atoms in total. The minimum atomic E-state index is -2.86. The maximum absolute atomic E-state index is 11.3. The zero-order valence-corrected chi connectivity index (χ0v) is 11.3. The van der Waals surface area contributed by atoms with E-state index in [1.54, 1.807) is 6.07 Å². The molecule has 0 radical (unpaired) electrons. The summed E-state index contributed by atoms with van der Waals surface area (Å²) < 4.78 is 27.1. The fourth-order valence-electron chi connectivity index (χ4n) is 1.92. The summed E-state index contributed by atoms with van der Waals surface area (Å²) in [7, 11) is -1.58. The molecule has 1 aliphatic heterocycles. The summed E-state index contributed by atoms with van der Waals surface area (Å²) in [6.07, 6.45) is 0.670. The van der Waals surface area contributed by atoms with Crippen LogP contribution in [0.15, 0.2) is 12.1 Å². The Kier molecular flexibility index (Phi) is 3.98. The fraction of sp³-hybridized carbons (Fsp3) is 0.545. The topological polar surface area (TPSA) is 98.2 Å². The number of rotatable bonds is 4. The van der Waals surface area contributed by atoms with Gasteiger partial charge in [0.05, 0.1) is 18.6 Å². The Labute approximate surface area is 111 Å². The smallest absolute Gasteiger partial charge is 0.358 e. The number of methoxy groups -OCH3 is 1. The van der Waals surface area contributed by atoms with E-state index in [1.165, 1.54) is 13.2 Å². The first-order chi connectivity index (χ1) is 9.00. The molecule has 1 aromatic rings. The third-order valence-electron chi connectivity index (χ3n) is 2.96. The van der Waals surface area contributed by atoms with Gasteiger partial charge in [0.15, 0.2) is 15.5 Å². The van der Waals surface area contributed by atoms with Crippen LogP contribution in [0.1, 0.15) is 16.9 Å². The van der Waals surface area contributed by atoms with Crippen molar-refractivity contribution in [1.82, 2.24) is 10.2 Å². The van der Waals surface area contributed by atoms with E-state index < -0.39 is 15.8 Å². The average molecular weight is 285 g/mol. The molecule has 0 amide bonds. The van der Waals surface area contributed by atoms with Crippen molar-refractivity contribution in [2.75, 3.05) is 30.5 Å². The Hall–Kier alpha value is -1.70. The number of hydrogen-bond acceptors (Lipinski definition) is 7. The van der Waals surface area contributed by atoms with Crippen molar-refractivity contribution in [2.24, 2.45) is 5.92 Å². The molecular weight excluding hydrogens is 270 g/mol. The molecule has 1 N–H and O–H groups in total. The largest absolute Gasteiger partial charge is 0.464 e. The summed E-state index contributed by atoms with van der Waals surface area (Å²) in [6.45, 7) is 0.533. The maximum atomic E-state index is 11.3. The van der Waals surface area contributed by atoms with Crippen molar-refractivity contribution in [3.8, 4) is 0 Å². The quantitative estimate of drug-likeness (QED) is 0.784. The number of anilines is 1. The second kappa shape index (κ2) is 5.52. The Morgan fingerprint density at radius 2 is 2.26 bits per heavy atom. The van der Waals surface area contributed by atoms with Crippen molar-refractivity contribution in [3.63, 3.8) is 0 Å². The molecule has 104 valence electrons. The van der Waals surface area contributed by atoms with E-state index in [0.717, 1.165) is 0 Å². The number of carbonyl (C=O) groups is 1. The molecule has 1 unspecified atom stereocenters. The number of nitrogens with zero attached hydrogens (tertiary/aromatic N) is 2. The summed E-state index contributed by atoms with van der Waals surface area (Å²) in [5, 5.41) is 10.6. The molecule has 0 aliphatic carbocycles. The van der Waals surface area contributed by atoms with Gasteiger partial charge in [-0.05, 0) is 24.5 Å². The number of sulfone groups is 1. The van der Waals surface area contributed by atoms with E-state index in [4.69, 9.17) is 0 Å². The molecule has 2 rings (SSSR count). The van der Waals surface area contributed by atoms with Crippen molar-refractivity contribution >= 4 is 21.6 Å². The summed E-state index contributed by atoms with van der Waals surface area (Å²) >= 11 is 0. The number of carbonyl (C=O) groups excluding carboxylic acids is 1. The highest BCUT2D eigenvalue weighted by Gasteiger charge is 2.27. The molecule has 1 fully saturated rings.